The molecule has 1 saturated heterocycles. The van der Waals surface area contributed by atoms with E-state index in [2.05, 4.69) is 11.0 Å². The highest BCUT2D eigenvalue weighted by molar-refractivity contribution is 7.80. The molecule has 1 aromatic carbocycles. The minimum absolute atomic E-state index is 0.438. The molecule has 2 fully saturated rings. The number of halogens is 1. The molecule has 0 bridgehead atoms. The van der Waals surface area contributed by atoms with Crippen molar-refractivity contribution in [2.45, 2.75) is 32.1 Å². The lowest BCUT2D eigenvalue weighted by molar-refractivity contribution is 0.202. The predicted octanol–water partition coefficient (Wildman–Crippen LogP) is 3.99. The molecule has 1 aliphatic carbocycles. The molecule has 1 aliphatic heterocycles. The Hall–Kier alpha value is -0.800. The van der Waals surface area contributed by atoms with Crippen molar-refractivity contribution >= 4 is 34.5 Å². The van der Waals surface area contributed by atoms with E-state index < -0.39 is 0 Å². The third kappa shape index (κ3) is 2.79. The Morgan fingerprint density at radius 1 is 1.20 bits per heavy atom. The quantitative estimate of drug-likeness (QED) is 0.838. The van der Waals surface area contributed by atoms with E-state index in [0.717, 1.165) is 36.2 Å². The van der Waals surface area contributed by atoms with Gasteiger partial charge in [0.15, 0.2) is 0 Å². The number of rotatable bonds is 2. The van der Waals surface area contributed by atoms with Crippen LogP contribution in [-0.2, 0) is 0 Å². The average molecular weight is 309 g/mol. The number of fused-ring (bicyclic) bond motifs is 1. The van der Waals surface area contributed by atoms with Gasteiger partial charge in [0.2, 0.25) is 0 Å². The van der Waals surface area contributed by atoms with Crippen LogP contribution in [0.1, 0.15) is 37.7 Å². The van der Waals surface area contributed by atoms with E-state index in [0.29, 0.717) is 10.0 Å². The van der Waals surface area contributed by atoms with Crippen LogP contribution >= 0.6 is 23.8 Å². The highest BCUT2D eigenvalue weighted by Crippen LogP contribution is 2.38. The number of nitrogens with two attached hydrogens (primary N) is 1. The zero-order valence-electron chi connectivity index (χ0n) is 11.6. The SMILES string of the molecule is NC(=S)c1cc(Cl)ccc1N1CCC2CCCCC2C1. The second-order valence-electron chi connectivity index (χ2n) is 6.07. The number of anilines is 1. The number of benzene rings is 1. The van der Waals surface area contributed by atoms with Gasteiger partial charge in [-0.15, -0.1) is 0 Å². The van der Waals surface area contributed by atoms with Crippen molar-refractivity contribution in [3.63, 3.8) is 0 Å². The van der Waals surface area contributed by atoms with Crippen LogP contribution in [0.5, 0.6) is 0 Å². The van der Waals surface area contributed by atoms with Crippen LogP contribution in [0, 0.1) is 11.8 Å². The fraction of sp³-hybridized carbons (Fsp3) is 0.562. The van der Waals surface area contributed by atoms with Gasteiger partial charge in [-0.1, -0.05) is 43.1 Å². The first kappa shape index (κ1) is 14.2. The summed E-state index contributed by atoms with van der Waals surface area (Å²) in [5.41, 5.74) is 7.94. The van der Waals surface area contributed by atoms with E-state index in [4.69, 9.17) is 29.6 Å². The maximum absolute atomic E-state index is 6.08. The van der Waals surface area contributed by atoms with E-state index >= 15 is 0 Å². The lowest BCUT2D eigenvalue weighted by Crippen LogP contribution is -2.42. The van der Waals surface area contributed by atoms with E-state index in [1.165, 1.54) is 32.1 Å². The summed E-state index contributed by atoms with van der Waals surface area (Å²) in [5.74, 6) is 1.77. The van der Waals surface area contributed by atoms with Gasteiger partial charge in [-0.3, -0.25) is 0 Å². The van der Waals surface area contributed by atoms with Crippen LogP contribution in [0.2, 0.25) is 5.02 Å². The fourth-order valence-electron chi connectivity index (χ4n) is 3.80. The number of piperidine rings is 1. The fourth-order valence-corrected chi connectivity index (χ4v) is 4.14. The van der Waals surface area contributed by atoms with Crippen molar-refractivity contribution in [1.82, 2.24) is 0 Å². The van der Waals surface area contributed by atoms with Crippen LogP contribution in [0.25, 0.3) is 0 Å². The van der Waals surface area contributed by atoms with E-state index in [1.54, 1.807) is 0 Å². The molecule has 2 atom stereocenters. The molecule has 1 aromatic rings. The number of hydrogen-bond donors (Lipinski definition) is 1. The van der Waals surface area contributed by atoms with Gasteiger partial charge in [0.05, 0.1) is 0 Å². The molecule has 20 heavy (non-hydrogen) atoms. The van der Waals surface area contributed by atoms with Crippen LogP contribution in [0.3, 0.4) is 0 Å². The van der Waals surface area contributed by atoms with Crippen molar-refractivity contribution < 1.29 is 0 Å². The highest BCUT2D eigenvalue weighted by Gasteiger charge is 2.31. The van der Waals surface area contributed by atoms with Gasteiger partial charge < -0.3 is 10.6 Å². The van der Waals surface area contributed by atoms with Gasteiger partial charge in [0, 0.05) is 29.4 Å². The molecule has 2 unspecified atom stereocenters. The van der Waals surface area contributed by atoms with Crippen LogP contribution in [0.15, 0.2) is 18.2 Å². The lowest BCUT2D eigenvalue weighted by Gasteiger charge is -2.42. The molecule has 2 nitrogen and oxygen atoms in total. The molecule has 2 aliphatic rings. The summed E-state index contributed by atoms with van der Waals surface area (Å²) in [6.07, 6.45) is 6.89. The zero-order chi connectivity index (χ0) is 14.1. The zero-order valence-corrected chi connectivity index (χ0v) is 13.2. The summed E-state index contributed by atoms with van der Waals surface area (Å²) in [7, 11) is 0. The first-order chi connectivity index (χ1) is 9.65. The topological polar surface area (TPSA) is 29.3 Å². The second-order valence-corrected chi connectivity index (χ2v) is 6.94. The standard InChI is InChI=1S/C16H21ClN2S/c17-13-5-6-15(14(9-13)16(18)20)19-8-7-11-3-1-2-4-12(11)10-19/h5-6,9,11-12H,1-4,7-8,10H2,(H2,18,20). The molecule has 0 spiro atoms. The maximum atomic E-state index is 6.08. The summed E-state index contributed by atoms with van der Waals surface area (Å²) in [6.45, 7) is 2.25. The minimum atomic E-state index is 0.438. The summed E-state index contributed by atoms with van der Waals surface area (Å²) in [5, 5.41) is 0.698. The Balaban J connectivity index is 1.84. The number of thiocarbonyl (C=S) groups is 1. The largest absolute Gasteiger partial charge is 0.389 e. The summed E-state index contributed by atoms with van der Waals surface area (Å²) in [6, 6.07) is 5.90. The van der Waals surface area contributed by atoms with Crippen LogP contribution in [0.4, 0.5) is 5.69 Å². The van der Waals surface area contributed by atoms with Crippen LogP contribution < -0.4 is 10.6 Å². The van der Waals surface area contributed by atoms with E-state index in [-0.39, 0.29) is 0 Å². The normalized spacial score (nSPS) is 26.1. The Labute approximate surface area is 131 Å². The molecule has 0 radical (unpaired) electrons. The maximum Gasteiger partial charge on any atom is 0.106 e. The molecular weight excluding hydrogens is 288 g/mol. The van der Waals surface area contributed by atoms with Gasteiger partial charge in [0.1, 0.15) is 4.99 Å². The number of hydrogen-bond acceptors (Lipinski definition) is 2. The van der Waals surface area contributed by atoms with Gasteiger partial charge in [-0.05, 0) is 42.9 Å². The van der Waals surface area contributed by atoms with Crippen molar-refractivity contribution in [3.8, 4) is 0 Å². The Morgan fingerprint density at radius 3 is 2.70 bits per heavy atom. The van der Waals surface area contributed by atoms with Gasteiger partial charge in [-0.25, -0.2) is 0 Å². The van der Waals surface area contributed by atoms with E-state index in [1.807, 2.05) is 12.1 Å². The minimum Gasteiger partial charge on any atom is -0.389 e. The Morgan fingerprint density at radius 2 is 1.95 bits per heavy atom. The molecule has 2 N–H and O–H groups in total. The van der Waals surface area contributed by atoms with Crippen molar-refractivity contribution in [3.05, 3.63) is 28.8 Å². The lowest BCUT2D eigenvalue weighted by atomic mass is 9.75. The van der Waals surface area contributed by atoms with Crippen molar-refractivity contribution in [2.24, 2.45) is 17.6 Å². The third-order valence-corrected chi connectivity index (χ3v) is 5.31. The average Bonchev–Trinajstić information content (AvgIpc) is 2.46. The van der Waals surface area contributed by atoms with Gasteiger partial charge in [0.25, 0.3) is 0 Å². The molecular formula is C16H21ClN2S. The predicted molar refractivity (Wildman–Crippen MR) is 89.6 cm³/mol. The first-order valence-corrected chi connectivity index (χ1v) is 8.28. The molecule has 3 rings (SSSR count). The van der Waals surface area contributed by atoms with Crippen molar-refractivity contribution in [2.75, 3.05) is 18.0 Å². The summed E-state index contributed by atoms with van der Waals surface area (Å²) < 4.78 is 0. The monoisotopic (exact) mass is 308 g/mol. The molecule has 1 heterocycles. The molecule has 0 amide bonds. The van der Waals surface area contributed by atoms with E-state index in [9.17, 15) is 0 Å². The van der Waals surface area contributed by atoms with Gasteiger partial charge >= 0.3 is 0 Å². The third-order valence-electron chi connectivity index (χ3n) is 4.86. The highest BCUT2D eigenvalue weighted by atomic mass is 35.5. The Kier molecular flexibility index (Phi) is 4.18. The summed E-state index contributed by atoms with van der Waals surface area (Å²) in [4.78, 5) is 2.89. The molecule has 4 heteroatoms. The van der Waals surface area contributed by atoms with Crippen molar-refractivity contribution in [1.29, 1.82) is 0 Å². The van der Waals surface area contributed by atoms with Gasteiger partial charge in [-0.2, -0.15) is 0 Å². The number of nitrogens with zero attached hydrogens (tertiary/aromatic N) is 1. The smallest absolute Gasteiger partial charge is 0.106 e. The summed E-state index contributed by atoms with van der Waals surface area (Å²) >= 11 is 11.3. The molecule has 108 valence electrons. The molecule has 0 aromatic heterocycles. The Bertz CT molecular complexity index is 517. The van der Waals surface area contributed by atoms with Crippen LogP contribution in [-0.4, -0.2) is 18.1 Å². The first-order valence-electron chi connectivity index (χ1n) is 7.49. The molecule has 1 saturated carbocycles. The second kappa shape index (κ2) is 5.90.